The molecule has 1 aliphatic carbocycles. The highest BCUT2D eigenvalue weighted by atomic mass is 16.2. The van der Waals surface area contributed by atoms with E-state index in [0.717, 1.165) is 37.9 Å². The first kappa shape index (κ1) is 16.1. The van der Waals surface area contributed by atoms with Gasteiger partial charge in [0.05, 0.1) is 5.69 Å². The zero-order valence-electron chi connectivity index (χ0n) is 14.8. The molecule has 4 rings (SSSR count). The highest BCUT2D eigenvalue weighted by molar-refractivity contribution is 5.99. The molecule has 25 heavy (non-hydrogen) atoms. The summed E-state index contributed by atoms with van der Waals surface area (Å²) in [6.07, 6.45) is 6.57. The number of para-hydroxylation sites is 1. The quantitative estimate of drug-likeness (QED) is 0.766. The molecule has 0 saturated heterocycles. The number of hydrogen-bond acceptors (Lipinski definition) is 1. The Hall–Kier alpha value is -2.35. The van der Waals surface area contributed by atoms with Crippen molar-refractivity contribution < 1.29 is 4.79 Å². The molecule has 1 fully saturated rings. The van der Waals surface area contributed by atoms with Gasteiger partial charge in [0.2, 0.25) is 5.91 Å². The van der Waals surface area contributed by atoms with Gasteiger partial charge in [-0.15, -0.1) is 0 Å². The lowest BCUT2D eigenvalue weighted by Crippen LogP contribution is -2.40. The number of allylic oxidation sites excluding steroid dienone is 2. The molecule has 2 atom stereocenters. The first-order chi connectivity index (χ1) is 12.2. The van der Waals surface area contributed by atoms with E-state index in [1.165, 1.54) is 16.7 Å². The lowest BCUT2D eigenvalue weighted by Gasteiger charge is -2.32. The molecular formula is C23H25NO. The molecule has 0 radical (unpaired) electrons. The summed E-state index contributed by atoms with van der Waals surface area (Å²) in [5.41, 5.74) is 4.87. The van der Waals surface area contributed by atoms with Crippen LogP contribution in [0.3, 0.4) is 0 Å². The summed E-state index contributed by atoms with van der Waals surface area (Å²) in [4.78, 5) is 15.4. The molecule has 0 N–H and O–H groups in total. The summed E-state index contributed by atoms with van der Waals surface area (Å²) in [6.45, 7) is 2.94. The number of benzene rings is 2. The SMILES string of the molecule is CC1=CC2CCCC2C(=O)N(CCc2ccccc2)c2ccccc21. The third kappa shape index (κ3) is 3.13. The summed E-state index contributed by atoms with van der Waals surface area (Å²) in [5, 5.41) is 0. The summed E-state index contributed by atoms with van der Waals surface area (Å²) in [7, 11) is 0. The van der Waals surface area contributed by atoms with Crippen LogP contribution in [0, 0.1) is 11.8 Å². The maximum absolute atomic E-state index is 13.4. The summed E-state index contributed by atoms with van der Waals surface area (Å²) in [5.74, 6) is 0.869. The Morgan fingerprint density at radius 3 is 2.60 bits per heavy atom. The van der Waals surface area contributed by atoms with Gasteiger partial charge in [0, 0.05) is 18.0 Å². The second-order valence-electron chi connectivity index (χ2n) is 7.29. The fraction of sp³-hybridized carbons (Fsp3) is 0.348. The maximum Gasteiger partial charge on any atom is 0.230 e. The van der Waals surface area contributed by atoms with Crippen LogP contribution in [-0.2, 0) is 11.2 Å². The van der Waals surface area contributed by atoms with Gasteiger partial charge in [0.1, 0.15) is 0 Å². The van der Waals surface area contributed by atoms with Crippen molar-refractivity contribution in [2.45, 2.75) is 32.6 Å². The predicted molar refractivity (Wildman–Crippen MR) is 103 cm³/mol. The van der Waals surface area contributed by atoms with Crippen LogP contribution in [0.1, 0.15) is 37.3 Å². The van der Waals surface area contributed by atoms with Crippen LogP contribution in [0.15, 0.2) is 60.7 Å². The number of amides is 1. The van der Waals surface area contributed by atoms with E-state index < -0.39 is 0 Å². The van der Waals surface area contributed by atoms with Crippen molar-refractivity contribution >= 4 is 17.2 Å². The average molecular weight is 331 g/mol. The molecule has 0 spiro atoms. The summed E-state index contributed by atoms with van der Waals surface area (Å²) >= 11 is 0. The van der Waals surface area contributed by atoms with E-state index in [1.807, 2.05) is 12.1 Å². The zero-order valence-corrected chi connectivity index (χ0v) is 14.8. The molecule has 1 heterocycles. The molecule has 0 aromatic heterocycles. The lowest BCUT2D eigenvalue weighted by atomic mass is 9.88. The number of hydrogen-bond donors (Lipinski definition) is 0. The number of carbonyl (C=O) groups is 1. The molecule has 1 aliphatic heterocycles. The molecule has 2 heteroatoms. The van der Waals surface area contributed by atoms with E-state index in [4.69, 9.17) is 0 Å². The van der Waals surface area contributed by atoms with Crippen LogP contribution in [0.5, 0.6) is 0 Å². The van der Waals surface area contributed by atoms with E-state index in [-0.39, 0.29) is 5.92 Å². The van der Waals surface area contributed by atoms with Gasteiger partial charge in [0.25, 0.3) is 0 Å². The Bertz CT molecular complexity index is 793. The smallest absolute Gasteiger partial charge is 0.230 e. The summed E-state index contributed by atoms with van der Waals surface area (Å²) < 4.78 is 0. The Morgan fingerprint density at radius 2 is 1.76 bits per heavy atom. The minimum Gasteiger partial charge on any atom is -0.311 e. The van der Waals surface area contributed by atoms with Gasteiger partial charge in [-0.05, 0) is 49.3 Å². The third-order valence-electron chi connectivity index (χ3n) is 5.70. The molecule has 2 aromatic rings. The standard InChI is InChI=1S/C23H25NO/c1-17-16-19-10-7-12-21(19)23(25)24(22-13-6-5-11-20(17)22)15-14-18-8-3-2-4-9-18/h2-6,8-9,11,13,16,19,21H,7,10,12,14-15H2,1H3. The maximum atomic E-state index is 13.4. The number of rotatable bonds is 3. The van der Waals surface area contributed by atoms with Crippen LogP contribution in [0.2, 0.25) is 0 Å². The van der Waals surface area contributed by atoms with E-state index >= 15 is 0 Å². The van der Waals surface area contributed by atoms with Gasteiger partial charge in [-0.1, -0.05) is 61.0 Å². The highest BCUT2D eigenvalue weighted by Crippen LogP contribution is 2.40. The Balaban J connectivity index is 1.71. The van der Waals surface area contributed by atoms with Crippen molar-refractivity contribution in [2.24, 2.45) is 11.8 Å². The van der Waals surface area contributed by atoms with Crippen LogP contribution >= 0.6 is 0 Å². The Kier molecular flexibility index (Phi) is 4.44. The van der Waals surface area contributed by atoms with Crippen LogP contribution in [0.25, 0.3) is 5.57 Å². The molecule has 128 valence electrons. The minimum atomic E-state index is 0.152. The predicted octanol–water partition coefficient (Wildman–Crippen LogP) is 5.10. The van der Waals surface area contributed by atoms with Gasteiger partial charge in [-0.2, -0.15) is 0 Å². The van der Waals surface area contributed by atoms with Crippen molar-refractivity contribution in [3.8, 4) is 0 Å². The Morgan fingerprint density at radius 1 is 1.00 bits per heavy atom. The monoisotopic (exact) mass is 331 g/mol. The first-order valence-electron chi connectivity index (χ1n) is 9.37. The molecule has 2 nitrogen and oxygen atoms in total. The minimum absolute atomic E-state index is 0.152. The van der Waals surface area contributed by atoms with Crippen molar-refractivity contribution in [3.63, 3.8) is 0 Å². The molecule has 2 unspecified atom stereocenters. The van der Waals surface area contributed by atoms with Gasteiger partial charge in [-0.3, -0.25) is 4.79 Å². The number of fused-ring (bicyclic) bond motifs is 2. The van der Waals surface area contributed by atoms with Gasteiger partial charge >= 0.3 is 0 Å². The van der Waals surface area contributed by atoms with E-state index in [2.05, 4.69) is 60.4 Å². The normalized spacial score (nSPS) is 22.7. The number of anilines is 1. The zero-order chi connectivity index (χ0) is 17.2. The van der Waals surface area contributed by atoms with Crippen LogP contribution < -0.4 is 4.90 Å². The third-order valence-corrected chi connectivity index (χ3v) is 5.70. The molecule has 1 saturated carbocycles. The second kappa shape index (κ2) is 6.87. The van der Waals surface area contributed by atoms with Crippen molar-refractivity contribution in [1.82, 2.24) is 0 Å². The van der Waals surface area contributed by atoms with Gasteiger partial charge in [-0.25, -0.2) is 0 Å². The molecule has 2 aromatic carbocycles. The van der Waals surface area contributed by atoms with Crippen molar-refractivity contribution in [3.05, 3.63) is 71.8 Å². The van der Waals surface area contributed by atoms with E-state index in [1.54, 1.807) is 0 Å². The lowest BCUT2D eigenvalue weighted by molar-refractivity contribution is -0.123. The molecule has 0 bridgehead atoms. The van der Waals surface area contributed by atoms with Gasteiger partial charge < -0.3 is 4.90 Å². The van der Waals surface area contributed by atoms with Crippen LogP contribution in [0.4, 0.5) is 5.69 Å². The topological polar surface area (TPSA) is 20.3 Å². The van der Waals surface area contributed by atoms with E-state index in [9.17, 15) is 4.79 Å². The largest absolute Gasteiger partial charge is 0.311 e. The Labute approximate surface area is 150 Å². The van der Waals surface area contributed by atoms with Gasteiger partial charge in [0.15, 0.2) is 0 Å². The van der Waals surface area contributed by atoms with Crippen molar-refractivity contribution in [1.29, 1.82) is 0 Å². The average Bonchev–Trinajstić information content (AvgIpc) is 3.10. The molecule has 1 amide bonds. The fourth-order valence-electron chi connectivity index (χ4n) is 4.38. The fourth-order valence-corrected chi connectivity index (χ4v) is 4.38. The second-order valence-corrected chi connectivity index (χ2v) is 7.29. The molecule has 2 aliphatic rings. The number of nitrogens with zero attached hydrogens (tertiary/aromatic N) is 1. The summed E-state index contributed by atoms with van der Waals surface area (Å²) in [6, 6.07) is 18.8. The van der Waals surface area contributed by atoms with Crippen molar-refractivity contribution in [2.75, 3.05) is 11.4 Å². The van der Waals surface area contributed by atoms with Crippen LogP contribution in [-0.4, -0.2) is 12.5 Å². The highest BCUT2D eigenvalue weighted by Gasteiger charge is 2.36. The van der Waals surface area contributed by atoms with E-state index in [0.29, 0.717) is 11.8 Å². The first-order valence-corrected chi connectivity index (χ1v) is 9.37. The number of carbonyl (C=O) groups excluding carboxylic acids is 1. The molecular weight excluding hydrogens is 306 g/mol.